The van der Waals surface area contributed by atoms with E-state index in [1.807, 2.05) is 0 Å². The Morgan fingerprint density at radius 1 is 1.11 bits per heavy atom. The van der Waals surface area contributed by atoms with E-state index >= 15 is 0 Å². The van der Waals surface area contributed by atoms with Gasteiger partial charge in [0.25, 0.3) is 0 Å². The number of nitrogens with zero attached hydrogens (tertiary/aromatic N) is 1. The number of carbonyl (C=O) groups is 2. The first-order valence-electron chi connectivity index (χ1n) is 6.28. The maximum atomic E-state index is 11.5. The first-order chi connectivity index (χ1) is 8.67. The predicted octanol–water partition coefficient (Wildman–Crippen LogP) is 2.19. The summed E-state index contributed by atoms with van der Waals surface area (Å²) in [7, 11) is 2.46. The Bertz CT molecular complexity index is 320. The lowest BCUT2D eigenvalue weighted by Gasteiger charge is -2.18. The third-order valence-electron chi connectivity index (χ3n) is 3.94. The number of rotatable bonds is 2. The van der Waals surface area contributed by atoms with Crippen LogP contribution in [0, 0.1) is 17.8 Å². The predicted molar refractivity (Wildman–Crippen MR) is 61.5 cm³/mol. The lowest BCUT2D eigenvalue weighted by atomic mass is 10.0. The fraction of sp³-hybridized carbons (Fsp3) is 0.833. The van der Waals surface area contributed by atoms with E-state index in [0.29, 0.717) is 24.3 Å². The van der Waals surface area contributed by atoms with E-state index in [1.165, 1.54) is 39.9 Å². The molecule has 0 spiro atoms. The van der Waals surface area contributed by atoms with Gasteiger partial charge in [-0.2, -0.15) is 0 Å². The molecule has 0 saturated heterocycles. The summed E-state index contributed by atoms with van der Waals surface area (Å²) in [5.74, 6) is 1.77. The minimum atomic E-state index is -0.899. The third-order valence-corrected chi connectivity index (χ3v) is 3.94. The molecular formula is C12H19NO5. The fourth-order valence-corrected chi connectivity index (χ4v) is 2.98. The van der Waals surface area contributed by atoms with Crippen molar-refractivity contribution < 1.29 is 23.9 Å². The lowest BCUT2D eigenvalue weighted by molar-refractivity contribution is -0.107. The molecule has 0 aromatic rings. The molecule has 2 aliphatic carbocycles. The Balaban J connectivity index is 1.89. The first-order valence-corrected chi connectivity index (χ1v) is 6.28. The van der Waals surface area contributed by atoms with Gasteiger partial charge in [-0.05, 0) is 30.6 Å². The molecule has 18 heavy (non-hydrogen) atoms. The van der Waals surface area contributed by atoms with Gasteiger partial charge in [0.05, 0.1) is 20.8 Å². The van der Waals surface area contributed by atoms with Crippen molar-refractivity contribution in [2.75, 3.05) is 20.8 Å². The molecule has 0 heterocycles. The summed E-state index contributed by atoms with van der Waals surface area (Å²) in [4.78, 5) is 27.4. The fourth-order valence-electron chi connectivity index (χ4n) is 2.98. The normalized spacial score (nSPS) is 28.9. The maximum absolute atomic E-state index is 11.5. The highest BCUT2D eigenvalue weighted by molar-refractivity contribution is 5.69. The van der Waals surface area contributed by atoms with E-state index in [9.17, 15) is 9.59 Å². The number of hydroxylamine groups is 2. The van der Waals surface area contributed by atoms with Gasteiger partial charge in [-0.3, -0.25) is 0 Å². The van der Waals surface area contributed by atoms with Crippen molar-refractivity contribution in [2.45, 2.75) is 25.7 Å². The molecule has 2 fully saturated rings. The van der Waals surface area contributed by atoms with E-state index in [1.54, 1.807) is 0 Å². The van der Waals surface area contributed by atoms with E-state index in [2.05, 4.69) is 9.47 Å². The van der Waals surface area contributed by atoms with Crippen LogP contribution in [0.1, 0.15) is 25.7 Å². The van der Waals surface area contributed by atoms with E-state index in [-0.39, 0.29) is 0 Å². The van der Waals surface area contributed by atoms with Crippen LogP contribution in [0.5, 0.6) is 0 Å². The van der Waals surface area contributed by atoms with Crippen LogP contribution < -0.4 is 0 Å². The monoisotopic (exact) mass is 257 g/mol. The van der Waals surface area contributed by atoms with Crippen molar-refractivity contribution in [3.63, 3.8) is 0 Å². The van der Waals surface area contributed by atoms with Crippen LogP contribution in [0.2, 0.25) is 0 Å². The van der Waals surface area contributed by atoms with Gasteiger partial charge in [-0.15, -0.1) is 5.06 Å². The summed E-state index contributed by atoms with van der Waals surface area (Å²) >= 11 is 0. The van der Waals surface area contributed by atoms with Gasteiger partial charge in [-0.1, -0.05) is 12.8 Å². The van der Waals surface area contributed by atoms with Gasteiger partial charge in [0.1, 0.15) is 0 Å². The van der Waals surface area contributed by atoms with E-state index < -0.39 is 12.2 Å². The Hall–Kier alpha value is -1.46. The van der Waals surface area contributed by atoms with Crippen LogP contribution in [-0.4, -0.2) is 38.1 Å². The van der Waals surface area contributed by atoms with Gasteiger partial charge < -0.3 is 14.3 Å². The molecule has 0 bridgehead atoms. The van der Waals surface area contributed by atoms with Crippen LogP contribution >= 0.6 is 0 Å². The van der Waals surface area contributed by atoms with Gasteiger partial charge in [0.2, 0.25) is 0 Å². The van der Waals surface area contributed by atoms with Gasteiger partial charge >= 0.3 is 12.2 Å². The zero-order valence-electron chi connectivity index (χ0n) is 10.8. The van der Waals surface area contributed by atoms with E-state index in [4.69, 9.17) is 4.84 Å². The molecule has 102 valence electrons. The highest BCUT2D eigenvalue weighted by atomic mass is 16.8. The number of fused-ring (bicyclic) bond motifs is 1. The van der Waals surface area contributed by atoms with Crippen molar-refractivity contribution in [3.05, 3.63) is 0 Å². The summed E-state index contributed by atoms with van der Waals surface area (Å²) in [5, 5.41) is 0.967. The van der Waals surface area contributed by atoms with Crippen molar-refractivity contribution >= 4 is 12.2 Å². The number of amides is 1. The Labute approximate surface area is 106 Å². The third kappa shape index (κ3) is 2.68. The smallest absolute Gasteiger partial charge is 0.451 e. The first kappa shape index (κ1) is 13.0. The van der Waals surface area contributed by atoms with Crippen molar-refractivity contribution in [2.24, 2.45) is 17.8 Å². The minimum absolute atomic E-state index is 0.400. The van der Waals surface area contributed by atoms with Gasteiger partial charge in [0.15, 0.2) is 0 Å². The SMILES string of the molecule is COC(=O)ON(CC1[C@H]2CCCC[C@@H]12)C(=O)OC. The second-order valence-electron chi connectivity index (χ2n) is 4.85. The zero-order chi connectivity index (χ0) is 13.1. The highest BCUT2D eigenvalue weighted by Crippen LogP contribution is 2.55. The molecule has 6 heteroatoms. The van der Waals surface area contributed by atoms with Crippen LogP contribution in [0.3, 0.4) is 0 Å². The summed E-state index contributed by atoms with van der Waals surface area (Å²) in [6, 6.07) is 0. The minimum Gasteiger partial charge on any atom is -0.451 e. The topological polar surface area (TPSA) is 65.1 Å². The van der Waals surface area contributed by atoms with Crippen LogP contribution in [0.25, 0.3) is 0 Å². The molecule has 0 radical (unpaired) electrons. The number of carbonyl (C=O) groups excluding carboxylic acids is 2. The Morgan fingerprint density at radius 3 is 2.22 bits per heavy atom. The number of methoxy groups -OCH3 is 2. The Morgan fingerprint density at radius 2 is 1.72 bits per heavy atom. The summed E-state index contributed by atoms with van der Waals surface area (Å²) in [5.41, 5.74) is 0. The summed E-state index contributed by atoms with van der Waals surface area (Å²) in [6.07, 6.45) is 3.38. The van der Waals surface area contributed by atoms with Gasteiger partial charge in [-0.25, -0.2) is 9.59 Å². The van der Waals surface area contributed by atoms with Crippen LogP contribution in [0.4, 0.5) is 9.59 Å². The van der Waals surface area contributed by atoms with E-state index in [0.717, 1.165) is 5.06 Å². The largest absolute Gasteiger partial charge is 0.533 e. The van der Waals surface area contributed by atoms with Crippen LogP contribution in [0.15, 0.2) is 0 Å². The average molecular weight is 257 g/mol. The molecule has 0 N–H and O–H groups in total. The quantitative estimate of drug-likeness (QED) is 0.560. The zero-order valence-corrected chi connectivity index (χ0v) is 10.8. The maximum Gasteiger partial charge on any atom is 0.533 e. The molecule has 2 rings (SSSR count). The molecule has 0 aromatic carbocycles. The van der Waals surface area contributed by atoms with Crippen molar-refractivity contribution in [1.82, 2.24) is 5.06 Å². The molecule has 1 amide bonds. The summed E-state index contributed by atoms with van der Waals surface area (Å²) < 4.78 is 8.98. The number of hydrogen-bond acceptors (Lipinski definition) is 5. The molecule has 2 aliphatic rings. The summed E-state index contributed by atoms with van der Waals surface area (Å²) in [6.45, 7) is 0.400. The van der Waals surface area contributed by atoms with Crippen molar-refractivity contribution in [1.29, 1.82) is 0 Å². The lowest BCUT2D eigenvalue weighted by Crippen LogP contribution is -2.35. The second kappa shape index (κ2) is 5.46. The number of hydrogen-bond donors (Lipinski definition) is 0. The van der Waals surface area contributed by atoms with Crippen LogP contribution in [-0.2, 0) is 14.3 Å². The highest BCUT2D eigenvalue weighted by Gasteiger charge is 2.52. The molecule has 3 atom stereocenters. The molecule has 6 nitrogen and oxygen atoms in total. The van der Waals surface area contributed by atoms with Crippen molar-refractivity contribution in [3.8, 4) is 0 Å². The average Bonchev–Trinajstić information content (AvgIpc) is 3.10. The molecular weight excluding hydrogens is 238 g/mol. The van der Waals surface area contributed by atoms with Gasteiger partial charge in [0, 0.05) is 0 Å². The second-order valence-corrected chi connectivity index (χ2v) is 4.85. The number of ether oxygens (including phenoxy) is 2. The standard InChI is InChI=1S/C12H19NO5/c1-16-11(14)13(18-12(15)17-2)7-10-8-5-3-4-6-9(8)10/h8-10H,3-7H2,1-2H3/t8-,9+,10?. The molecule has 2 saturated carbocycles. The molecule has 0 aliphatic heterocycles. The molecule has 0 aromatic heterocycles. The molecule has 1 unspecified atom stereocenters. The Kier molecular flexibility index (Phi) is 3.93.